The molecule has 0 saturated heterocycles. The molecule has 0 radical (unpaired) electrons. The molecule has 0 aliphatic rings. The third-order valence-corrected chi connectivity index (χ3v) is 6.71. The van der Waals surface area contributed by atoms with Gasteiger partial charge in [-0.1, -0.05) is 46.8 Å². The van der Waals surface area contributed by atoms with Gasteiger partial charge >= 0.3 is 0 Å². The third-order valence-electron chi connectivity index (χ3n) is 4.04. The van der Waals surface area contributed by atoms with Crippen LogP contribution < -0.4 is 0 Å². The number of aryl methyl sites for hydroxylation is 2. The maximum atomic E-state index is 12.7. The molecule has 1 heterocycles. The lowest BCUT2D eigenvalue weighted by atomic mass is 10.0. The molecule has 0 aliphatic carbocycles. The molecule has 0 spiro atoms. The molecule has 0 aliphatic heterocycles. The van der Waals surface area contributed by atoms with E-state index in [1.807, 2.05) is 51.1 Å². The normalized spacial score (nSPS) is 12.2. The second-order valence-corrected chi connectivity index (χ2v) is 9.59. The fourth-order valence-corrected chi connectivity index (χ4v) is 5.10. The number of hydrogen-bond donors (Lipinski definition) is 0. The number of benzene rings is 2. The topological polar surface area (TPSA) is 34.9 Å². The monoisotopic (exact) mass is 420 g/mol. The number of carbonyl (C=O) groups excluding carboxylic acids is 1. The third kappa shape index (κ3) is 4.26. The summed E-state index contributed by atoms with van der Waals surface area (Å²) in [4.78, 5) is 12.7. The van der Waals surface area contributed by atoms with Gasteiger partial charge in [-0.3, -0.25) is 4.79 Å². The number of nitrogens with zero attached hydrogens (tertiary/aromatic N) is 2. The van der Waals surface area contributed by atoms with Crippen molar-refractivity contribution in [3.05, 3.63) is 68.1 Å². The van der Waals surface area contributed by atoms with Crippen molar-refractivity contribution in [2.75, 3.05) is 0 Å². The number of rotatable bonds is 5. The van der Waals surface area contributed by atoms with E-state index in [1.165, 1.54) is 28.7 Å². The zero-order valence-electron chi connectivity index (χ0n) is 14.5. The van der Waals surface area contributed by atoms with Gasteiger partial charge in [0.05, 0.1) is 10.9 Å². The van der Waals surface area contributed by atoms with Gasteiger partial charge < -0.3 is 0 Å². The first kappa shape index (κ1) is 19.3. The molecule has 134 valence electrons. The Labute approximate surface area is 171 Å². The predicted octanol–water partition coefficient (Wildman–Crippen LogP) is 6.30. The van der Waals surface area contributed by atoms with Crippen molar-refractivity contribution >= 4 is 52.7 Å². The molecule has 0 saturated carbocycles. The minimum atomic E-state index is -0.240. The van der Waals surface area contributed by atoms with Gasteiger partial charge in [-0.25, -0.2) is 4.68 Å². The van der Waals surface area contributed by atoms with Gasteiger partial charge in [-0.15, -0.1) is 5.10 Å². The second kappa shape index (κ2) is 8.05. The molecule has 0 N–H and O–H groups in total. The minimum Gasteiger partial charge on any atom is -0.293 e. The molecule has 0 bridgehead atoms. The van der Waals surface area contributed by atoms with Crippen LogP contribution in [-0.4, -0.2) is 20.8 Å². The van der Waals surface area contributed by atoms with Gasteiger partial charge in [0.15, 0.2) is 14.1 Å². The van der Waals surface area contributed by atoms with Crippen molar-refractivity contribution in [2.45, 2.75) is 30.4 Å². The number of hydrogen-bond acceptors (Lipinski definition) is 5. The summed E-state index contributed by atoms with van der Waals surface area (Å²) < 4.78 is 3.11. The molecule has 3 rings (SSSR count). The molecule has 2 aromatic carbocycles. The van der Waals surface area contributed by atoms with Crippen LogP contribution in [0, 0.1) is 17.8 Å². The van der Waals surface area contributed by atoms with Gasteiger partial charge in [0, 0.05) is 10.6 Å². The maximum Gasteiger partial charge on any atom is 0.184 e. The highest BCUT2D eigenvalue weighted by Crippen LogP contribution is 2.30. The van der Waals surface area contributed by atoms with Crippen LogP contribution in [0.3, 0.4) is 0 Å². The molecule has 26 heavy (non-hydrogen) atoms. The quantitative estimate of drug-likeness (QED) is 0.275. The molecule has 3 nitrogen and oxygen atoms in total. The van der Waals surface area contributed by atoms with E-state index in [1.54, 1.807) is 16.8 Å². The second-order valence-electron chi connectivity index (χ2n) is 5.95. The van der Waals surface area contributed by atoms with Crippen LogP contribution in [-0.2, 0) is 0 Å². The van der Waals surface area contributed by atoms with Crippen molar-refractivity contribution in [3.8, 4) is 5.69 Å². The van der Waals surface area contributed by atoms with Crippen LogP contribution in [0.2, 0.25) is 5.02 Å². The van der Waals surface area contributed by atoms with Gasteiger partial charge in [-0.2, -0.15) is 0 Å². The summed E-state index contributed by atoms with van der Waals surface area (Å²) in [6, 6.07) is 13.2. The van der Waals surface area contributed by atoms with Crippen molar-refractivity contribution in [1.29, 1.82) is 0 Å². The molecule has 1 aromatic heterocycles. The number of Topliss-reactive ketones (excluding diaryl/α,β-unsaturated/α-hetero) is 1. The maximum absolute atomic E-state index is 12.7. The van der Waals surface area contributed by atoms with Crippen LogP contribution in [0.1, 0.15) is 28.4 Å². The Balaban J connectivity index is 1.79. The molecule has 0 fully saturated rings. The first-order valence-electron chi connectivity index (χ1n) is 7.99. The Morgan fingerprint density at radius 2 is 1.88 bits per heavy atom. The van der Waals surface area contributed by atoms with E-state index < -0.39 is 0 Å². The Kier molecular flexibility index (Phi) is 5.97. The van der Waals surface area contributed by atoms with Crippen LogP contribution in [0.5, 0.6) is 0 Å². The molecule has 7 heteroatoms. The number of aromatic nitrogens is 2. The van der Waals surface area contributed by atoms with E-state index in [9.17, 15) is 4.79 Å². The van der Waals surface area contributed by atoms with E-state index in [-0.39, 0.29) is 11.0 Å². The van der Waals surface area contributed by atoms with Crippen molar-refractivity contribution in [2.24, 2.45) is 0 Å². The smallest absolute Gasteiger partial charge is 0.184 e. The summed E-state index contributed by atoms with van der Waals surface area (Å²) in [5.74, 6) is 0.0947. The Hall–Kier alpha value is -1.47. The van der Waals surface area contributed by atoms with E-state index >= 15 is 0 Å². The lowest BCUT2D eigenvalue weighted by molar-refractivity contribution is 0.0994. The fourth-order valence-electron chi connectivity index (χ4n) is 2.39. The zero-order chi connectivity index (χ0) is 18.8. The lowest BCUT2D eigenvalue weighted by Gasteiger charge is -2.09. The van der Waals surface area contributed by atoms with Crippen LogP contribution in [0.25, 0.3) is 5.69 Å². The summed E-state index contributed by atoms with van der Waals surface area (Å²) in [7, 11) is 0. The van der Waals surface area contributed by atoms with E-state index in [2.05, 4.69) is 5.10 Å². The molecule has 0 amide bonds. The molecular formula is C19H17ClN2OS3. The highest BCUT2D eigenvalue weighted by molar-refractivity contribution is 8.02. The van der Waals surface area contributed by atoms with Crippen molar-refractivity contribution in [1.82, 2.24) is 9.78 Å². The van der Waals surface area contributed by atoms with Crippen molar-refractivity contribution < 1.29 is 4.79 Å². The predicted molar refractivity (Wildman–Crippen MR) is 113 cm³/mol. The lowest BCUT2D eigenvalue weighted by Crippen LogP contribution is -2.13. The molecular weight excluding hydrogens is 404 g/mol. The number of thioether (sulfide) groups is 1. The standard InChI is InChI=1S/C19H17ClN2OS3/c1-11-4-5-14(10-12(11)2)17(23)13(3)25-18-21-22(19(24)26-18)16-8-6-15(20)7-9-16/h4-10,13H,1-3H3/t13-/m1/s1. The Morgan fingerprint density at radius 1 is 1.19 bits per heavy atom. The molecule has 1 atom stereocenters. The highest BCUT2D eigenvalue weighted by Gasteiger charge is 2.19. The first-order valence-corrected chi connectivity index (χ1v) is 10.5. The summed E-state index contributed by atoms with van der Waals surface area (Å²) in [6.07, 6.45) is 0. The SMILES string of the molecule is Cc1ccc(C(=O)[C@@H](C)Sc2nn(-c3ccc(Cl)cc3)c(=S)s2)cc1C. The largest absolute Gasteiger partial charge is 0.293 e. The van der Waals surface area contributed by atoms with Gasteiger partial charge in [0.2, 0.25) is 0 Å². The fraction of sp³-hybridized carbons (Fsp3) is 0.211. The average molecular weight is 421 g/mol. The zero-order valence-corrected chi connectivity index (χ0v) is 17.7. The Morgan fingerprint density at radius 3 is 2.54 bits per heavy atom. The summed E-state index contributed by atoms with van der Waals surface area (Å²) in [5.41, 5.74) is 3.89. The van der Waals surface area contributed by atoms with E-state index in [4.69, 9.17) is 23.8 Å². The number of halogens is 1. The number of ketones is 1. The number of carbonyl (C=O) groups is 1. The molecule has 0 unspecified atom stereocenters. The summed E-state index contributed by atoms with van der Waals surface area (Å²) in [6.45, 7) is 5.96. The van der Waals surface area contributed by atoms with Crippen LogP contribution >= 0.6 is 46.9 Å². The molecule has 3 aromatic rings. The Bertz CT molecular complexity index is 1010. The van der Waals surface area contributed by atoms with Crippen LogP contribution in [0.15, 0.2) is 46.8 Å². The highest BCUT2D eigenvalue weighted by atomic mass is 35.5. The van der Waals surface area contributed by atoms with E-state index in [0.29, 0.717) is 8.98 Å². The van der Waals surface area contributed by atoms with E-state index in [0.717, 1.165) is 21.2 Å². The van der Waals surface area contributed by atoms with Gasteiger partial charge in [-0.05, 0) is 74.4 Å². The van der Waals surface area contributed by atoms with Gasteiger partial charge in [0.25, 0.3) is 0 Å². The van der Waals surface area contributed by atoms with Crippen molar-refractivity contribution in [3.63, 3.8) is 0 Å². The summed E-state index contributed by atoms with van der Waals surface area (Å²) in [5, 5.41) is 4.98. The summed E-state index contributed by atoms with van der Waals surface area (Å²) >= 11 is 14.2. The average Bonchev–Trinajstić information content (AvgIpc) is 2.97. The van der Waals surface area contributed by atoms with Gasteiger partial charge in [0.1, 0.15) is 0 Å². The minimum absolute atomic E-state index is 0.0947. The first-order chi connectivity index (χ1) is 12.3. The van der Waals surface area contributed by atoms with Crippen LogP contribution in [0.4, 0.5) is 0 Å².